The van der Waals surface area contributed by atoms with Crippen LogP contribution in [0.2, 0.25) is 0 Å². The van der Waals surface area contributed by atoms with Gasteiger partial charge in [-0.1, -0.05) is 24.6 Å². The van der Waals surface area contributed by atoms with Crippen LogP contribution in [0.3, 0.4) is 0 Å². The predicted molar refractivity (Wildman–Crippen MR) is 62.7 cm³/mol. The van der Waals surface area contributed by atoms with Crippen LogP contribution in [-0.4, -0.2) is 5.78 Å². The normalized spacial score (nSPS) is 34.4. The number of rotatable bonds is 0. The van der Waals surface area contributed by atoms with E-state index in [2.05, 4.69) is 19.1 Å². The molecule has 0 amide bonds. The van der Waals surface area contributed by atoms with Crippen molar-refractivity contribution in [1.82, 2.24) is 0 Å². The fourth-order valence-corrected chi connectivity index (χ4v) is 2.92. The van der Waals surface area contributed by atoms with Gasteiger partial charge < -0.3 is 0 Å². The molecule has 0 aromatic carbocycles. The zero-order valence-electron chi connectivity index (χ0n) is 9.81. The summed E-state index contributed by atoms with van der Waals surface area (Å²) in [5.74, 6) is 0.382. The number of carbonyl (C=O) groups is 1. The molecule has 1 nitrogen and oxygen atoms in total. The molecule has 0 radical (unpaired) electrons. The summed E-state index contributed by atoms with van der Waals surface area (Å²) in [7, 11) is 0. The van der Waals surface area contributed by atoms with Crippen LogP contribution in [-0.2, 0) is 4.79 Å². The highest BCUT2D eigenvalue weighted by atomic mass is 16.1. The minimum absolute atomic E-state index is 0.273. The molecule has 0 bridgehead atoms. The third-order valence-corrected chi connectivity index (χ3v) is 4.04. The van der Waals surface area contributed by atoms with Crippen LogP contribution in [0, 0.1) is 5.41 Å². The Balaban J connectivity index is 2.40. The van der Waals surface area contributed by atoms with Gasteiger partial charge in [0.1, 0.15) is 0 Å². The molecule has 0 aromatic heterocycles. The van der Waals surface area contributed by atoms with Crippen molar-refractivity contribution in [3.8, 4) is 0 Å². The lowest BCUT2D eigenvalue weighted by atomic mass is 9.67. The molecule has 82 valence electrons. The number of hydrogen-bond donors (Lipinski definition) is 0. The molecule has 2 rings (SSSR count). The van der Waals surface area contributed by atoms with Crippen LogP contribution >= 0.6 is 0 Å². The number of allylic oxidation sites excluding steroid dienone is 4. The third kappa shape index (κ3) is 1.92. The van der Waals surface area contributed by atoms with Crippen molar-refractivity contribution in [3.63, 3.8) is 0 Å². The second kappa shape index (κ2) is 3.96. The Morgan fingerprint density at radius 3 is 2.87 bits per heavy atom. The zero-order chi connectivity index (χ0) is 10.9. The molecule has 0 saturated heterocycles. The van der Waals surface area contributed by atoms with Crippen LogP contribution in [0.5, 0.6) is 0 Å². The minimum Gasteiger partial charge on any atom is -0.295 e. The molecule has 0 fully saturated rings. The van der Waals surface area contributed by atoms with E-state index in [0.29, 0.717) is 5.78 Å². The van der Waals surface area contributed by atoms with Crippen molar-refractivity contribution in [3.05, 3.63) is 23.3 Å². The van der Waals surface area contributed by atoms with Gasteiger partial charge in [0.05, 0.1) is 0 Å². The Hall–Kier alpha value is -0.850. The summed E-state index contributed by atoms with van der Waals surface area (Å²) in [6.07, 6.45) is 11.0. The standard InChI is InChI=1S/C14H20O/c1-11-12-7-5-3-4-6-9-14(12,2)10-8-13(11)15/h4,6H,3,5,7-10H2,1-2H3/b6-4-/t14-/m0/s1. The van der Waals surface area contributed by atoms with E-state index >= 15 is 0 Å². The lowest BCUT2D eigenvalue weighted by Gasteiger charge is -2.37. The summed E-state index contributed by atoms with van der Waals surface area (Å²) >= 11 is 0. The summed E-state index contributed by atoms with van der Waals surface area (Å²) in [5.41, 5.74) is 2.79. The Bertz CT molecular complexity index is 335. The molecule has 0 spiro atoms. The van der Waals surface area contributed by atoms with Crippen molar-refractivity contribution in [2.24, 2.45) is 5.41 Å². The fraction of sp³-hybridized carbons (Fsp3) is 0.643. The maximum absolute atomic E-state index is 11.7. The molecular formula is C14H20O. The van der Waals surface area contributed by atoms with Crippen LogP contribution < -0.4 is 0 Å². The SMILES string of the molecule is CC1=C2CCC/C=C\C[C@@]2(C)CCC1=O. The van der Waals surface area contributed by atoms with Gasteiger partial charge in [0.25, 0.3) is 0 Å². The van der Waals surface area contributed by atoms with E-state index in [1.54, 1.807) is 0 Å². The van der Waals surface area contributed by atoms with Crippen molar-refractivity contribution >= 4 is 5.78 Å². The molecule has 0 saturated carbocycles. The number of ketones is 1. The lowest BCUT2D eigenvalue weighted by Crippen LogP contribution is -2.28. The first-order valence-corrected chi connectivity index (χ1v) is 6.02. The van der Waals surface area contributed by atoms with Crippen molar-refractivity contribution < 1.29 is 4.79 Å². The molecule has 0 unspecified atom stereocenters. The molecule has 2 aliphatic carbocycles. The first-order valence-electron chi connectivity index (χ1n) is 6.02. The molecule has 2 aliphatic rings. The van der Waals surface area contributed by atoms with Gasteiger partial charge in [0.2, 0.25) is 0 Å². The Labute approximate surface area is 92.3 Å². The first kappa shape index (κ1) is 10.7. The van der Waals surface area contributed by atoms with Crippen LogP contribution in [0.1, 0.15) is 52.4 Å². The second-order valence-corrected chi connectivity index (χ2v) is 5.16. The number of fused-ring (bicyclic) bond motifs is 1. The summed E-state index contributed by atoms with van der Waals surface area (Å²) in [6, 6.07) is 0. The average Bonchev–Trinajstić information content (AvgIpc) is 2.19. The molecular weight excluding hydrogens is 184 g/mol. The molecule has 0 aromatic rings. The molecule has 0 aliphatic heterocycles. The maximum atomic E-state index is 11.7. The summed E-state index contributed by atoms with van der Waals surface area (Å²) in [4.78, 5) is 11.7. The highest BCUT2D eigenvalue weighted by Gasteiger charge is 2.34. The number of hydrogen-bond acceptors (Lipinski definition) is 1. The van der Waals surface area contributed by atoms with E-state index < -0.39 is 0 Å². The minimum atomic E-state index is 0.273. The lowest BCUT2D eigenvalue weighted by molar-refractivity contribution is -0.116. The monoisotopic (exact) mass is 204 g/mol. The Kier molecular flexibility index (Phi) is 2.81. The number of Topliss-reactive ketones (excluding diaryl/α,β-unsaturated/α-hetero) is 1. The Morgan fingerprint density at radius 1 is 1.27 bits per heavy atom. The maximum Gasteiger partial charge on any atom is 0.158 e. The number of carbonyl (C=O) groups excluding carboxylic acids is 1. The van der Waals surface area contributed by atoms with Gasteiger partial charge in [0, 0.05) is 6.42 Å². The second-order valence-electron chi connectivity index (χ2n) is 5.16. The molecule has 1 heteroatoms. The van der Waals surface area contributed by atoms with E-state index in [1.807, 2.05) is 6.92 Å². The third-order valence-electron chi connectivity index (χ3n) is 4.04. The molecule has 1 atom stereocenters. The van der Waals surface area contributed by atoms with Gasteiger partial charge in [-0.2, -0.15) is 0 Å². The smallest absolute Gasteiger partial charge is 0.158 e. The van der Waals surface area contributed by atoms with E-state index in [0.717, 1.165) is 31.3 Å². The highest BCUT2D eigenvalue weighted by Crippen LogP contribution is 2.45. The van der Waals surface area contributed by atoms with Gasteiger partial charge in [0.15, 0.2) is 5.78 Å². The predicted octanol–water partition coefficient (Wildman–Crippen LogP) is 3.80. The van der Waals surface area contributed by atoms with Gasteiger partial charge in [-0.3, -0.25) is 4.79 Å². The molecule has 0 heterocycles. The van der Waals surface area contributed by atoms with Gasteiger partial charge in [-0.25, -0.2) is 0 Å². The molecule has 15 heavy (non-hydrogen) atoms. The van der Waals surface area contributed by atoms with Gasteiger partial charge in [-0.15, -0.1) is 0 Å². The topological polar surface area (TPSA) is 17.1 Å². The van der Waals surface area contributed by atoms with Gasteiger partial charge >= 0.3 is 0 Å². The fourth-order valence-electron chi connectivity index (χ4n) is 2.92. The summed E-state index contributed by atoms with van der Waals surface area (Å²) in [6.45, 7) is 4.36. The van der Waals surface area contributed by atoms with Crippen LogP contribution in [0.15, 0.2) is 23.3 Å². The average molecular weight is 204 g/mol. The van der Waals surface area contributed by atoms with Crippen molar-refractivity contribution in [1.29, 1.82) is 0 Å². The van der Waals surface area contributed by atoms with E-state index in [1.165, 1.54) is 18.4 Å². The summed E-state index contributed by atoms with van der Waals surface area (Å²) in [5, 5.41) is 0. The Morgan fingerprint density at radius 2 is 2.07 bits per heavy atom. The highest BCUT2D eigenvalue weighted by molar-refractivity contribution is 5.96. The van der Waals surface area contributed by atoms with E-state index in [9.17, 15) is 4.79 Å². The van der Waals surface area contributed by atoms with Crippen LogP contribution in [0.4, 0.5) is 0 Å². The summed E-state index contributed by atoms with van der Waals surface area (Å²) < 4.78 is 0. The first-order chi connectivity index (χ1) is 7.13. The van der Waals surface area contributed by atoms with Gasteiger partial charge in [-0.05, 0) is 50.0 Å². The van der Waals surface area contributed by atoms with Crippen LogP contribution in [0.25, 0.3) is 0 Å². The molecule has 0 N–H and O–H groups in total. The largest absolute Gasteiger partial charge is 0.295 e. The van der Waals surface area contributed by atoms with Crippen molar-refractivity contribution in [2.75, 3.05) is 0 Å². The van der Waals surface area contributed by atoms with E-state index in [-0.39, 0.29) is 5.41 Å². The quantitative estimate of drug-likeness (QED) is 0.548. The van der Waals surface area contributed by atoms with E-state index in [4.69, 9.17) is 0 Å². The van der Waals surface area contributed by atoms with Crippen molar-refractivity contribution in [2.45, 2.75) is 52.4 Å². The zero-order valence-corrected chi connectivity index (χ0v) is 9.81.